The van der Waals surface area contributed by atoms with Crippen molar-refractivity contribution < 1.29 is 0 Å². The molecule has 0 aliphatic carbocycles. The number of nitrogens with one attached hydrogen (secondary N) is 2. The Morgan fingerprint density at radius 3 is 2.50 bits per heavy atom. The first-order valence-corrected chi connectivity index (χ1v) is 6.09. The van der Waals surface area contributed by atoms with Crippen molar-refractivity contribution >= 4 is 24.1 Å². The van der Waals surface area contributed by atoms with Gasteiger partial charge in [0.25, 0.3) is 0 Å². The van der Waals surface area contributed by atoms with Gasteiger partial charge in [-0.3, -0.25) is 4.98 Å². The highest BCUT2D eigenvalue weighted by molar-refractivity contribution is 7.71. The van der Waals surface area contributed by atoms with Gasteiger partial charge in [0.05, 0.1) is 0 Å². The van der Waals surface area contributed by atoms with E-state index >= 15 is 0 Å². The van der Waals surface area contributed by atoms with Gasteiger partial charge in [0.1, 0.15) is 0 Å². The first-order valence-electron chi connectivity index (χ1n) is 5.68. The minimum atomic E-state index is 0.374. The van der Waals surface area contributed by atoms with E-state index in [9.17, 15) is 0 Å². The van der Waals surface area contributed by atoms with Crippen LogP contribution in [0.5, 0.6) is 0 Å². The number of hydrogen-bond acceptors (Lipinski definition) is 5. The maximum absolute atomic E-state index is 5.04. The van der Waals surface area contributed by atoms with Crippen molar-refractivity contribution in [3.8, 4) is 0 Å². The van der Waals surface area contributed by atoms with Crippen LogP contribution in [0, 0.1) is 4.77 Å². The van der Waals surface area contributed by atoms with Crippen LogP contribution in [0.15, 0.2) is 0 Å². The Morgan fingerprint density at radius 2 is 1.94 bits per heavy atom. The number of H-pyrrole nitrogens is 1. The van der Waals surface area contributed by atoms with E-state index in [2.05, 4.69) is 45.9 Å². The molecule has 1 rings (SSSR count). The number of aromatic amines is 1. The summed E-state index contributed by atoms with van der Waals surface area (Å²) in [6, 6.07) is 0. The first kappa shape index (κ1) is 12.9. The summed E-state index contributed by atoms with van der Waals surface area (Å²) in [5.41, 5.74) is 0. The molecule has 16 heavy (non-hydrogen) atoms. The Kier molecular flexibility index (Phi) is 5.18. The van der Waals surface area contributed by atoms with Crippen molar-refractivity contribution in [3.05, 3.63) is 4.77 Å². The average Bonchev–Trinajstić information content (AvgIpc) is 2.27. The average molecular weight is 241 g/mol. The molecule has 1 aromatic heterocycles. The number of hydrogen-bond donors (Lipinski definition) is 2. The Morgan fingerprint density at radius 1 is 1.25 bits per heavy atom. The molecule has 0 radical (unpaired) electrons. The number of aromatic nitrogens is 3. The molecule has 1 heterocycles. The molecule has 0 bridgehead atoms. The summed E-state index contributed by atoms with van der Waals surface area (Å²) in [4.78, 5) is 13.6. The fourth-order valence-corrected chi connectivity index (χ4v) is 1.55. The molecule has 0 fully saturated rings. The van der Waals surface area contributed by atoms with Crippen molar-refractivity contribution in [2.45, 2.75) is 27.2 Å². The molecule has 0 aromatic carbocycles. The fourth-order valence-electron chi connectivity index (χ4n) is 1.37. The molecular formula is C10H19N5S. The molecular weight excluding hydrogens is 222 g/mol. The molecule has 0 atom stereocenters. The van der Waals surface area contributed by atoms with E-state index in [-0.39, 0.29) is 0 Å². The third-order valence-corrected chi connectivity index (χ3v) is 2.43. The summed E-state index contributed by atoms with van der Waals surface area (Å²) in [6.07, 6.45) is 1.05. The summed E-state index contributed by atoms with van der Waals surface area (Å²) in [5.74, 6) is 1.48. The van der Waals surface area contributed by atoms with E-state index < -0.39 is 0 Å². The molecule has 5 nitrogen and oxygen atoms in total. The molecule has 0 amide bonds. The van der Waals surface area contributed by atoms with Gasteiger partial charge in [0, 0.05) is 19.6 Å². The van der Waals surface area contributed by atoms with E-state index in [1.54, 1.807) is 0 Å². The smallest absolute Gasteiger partial charge is 0.225 e. The first-order chi connectivity index (χ1) is 7.71. The van der Waals surface area contributed by atoms with Crippen LogP contribution in [0.1, 0.15) is 27.2 Å². The molecule has 0 unspecified atom stereocenters. The van der Waals surface area contributed by atoms with Crippen LogP contribution in [0.3, 0.4) is 0 Å². The van der Waals surface area contributed by atoms with E-state index in [0.29, 0.717) is 10.7 Å². The second-order valence-electron chi connectivity index (χ2n) is 3.40. The van der Waals surface area contributed by atoms with Gasteiger partial charge in [-0.05, 0) is 32.5 Å². The number of anilines is 2. The van der Waals surface area contributed by atoms with Crippen LogP contribution in [0.25, 0.3) is 0 Å². The normalized spacial score (nSPS) is 10.2. The predicted octanol–water partition coefficient (Wildman–Crippen LogP) is 2.20. The van der Waals surface area contributed by atoms with Crippen LogP contribution in [-0.4, -0.2) is 34.6 Å². The van der Waals surface area contributed by atoms with E-state index in [1.165, 1.54) is 0 Å². The molecule has 6 heteroatoms. The minimum Gasteiger partial charge on any atom is -0.356 e. The topological polar surface area (TPSA) is 56.8 Å². The third kappa shape index (κ3) is 3.44. The number of nitrogens with zero attached hydrogens (tertiary/aromatic N) is 3. The van der Waals surface area contributed by atoms with Crippen molar-refractivity contribution in [2.75, 3.05) is 29.9 Å². The van der Waals surface area contributed by atoms with Crippen LogP contribution in [0.4, 0.5) is 11.9 Å². The van der Waals surface area contributed by atoms with Crippen LogP contribution >= 0.6 is 12.2 Å². The molecule has 90 valence electrons. The lowest BCUT2D eigenvalue weighted by Gasteiger charge is -2.19. The molecule has 1 aromatic rings. The Bertz CT molecular complexity index is 372. The van der Waals surface area contributed by atoms with Gasteiger partial charge in [-0.25, -0.2) is 0 Å². The zero-order valence-electron chi connectivity index (χ0n) is 10.1. The van der Waals surface area contributed by atoms with Crippen LogP contribution in [0.2, 0.25) is 0 Å². The van der Waals surface area contributed by atoms with E-state index in [4.69, 9.17) is 12.2 Å². The lowest BCUT2D eigenvalue weighted by molar-refractivity contribution is 0.806. The Labute approximate surface area is 101 Å². The molecule has 0 aliphatic heterocycles. The lowest BCUT2D eigenvalue weighted by atomic mass is 10.5. The molecule has 2 N–H and O–H groups in total. The Hall–Kier alpha value is -1.17. The number of rotatable bonds is 6. The van der Waals surface area contributed by atoms with Gasteiger partial charge in [-0.15, -0.1) is 0 Å². The van der Waals surface area contributed by atoms with Gasteiger partial charge < -0.3 is 10.2 Å². The zero-order valence-corrected chi connectivity index (χ0v) is 10.9. The largest absolute Gasteiger partial charge is 0.356 e. The highest BCUT2D eigenvalue weighted by Gasteiger charge is 2.05. The summed E-state index contributed by atoms with van der Waals surface area (Å²) in [5, 5.41) is 3.18. The zero-order chi connectivity index (χ0) is 12.0. The van der Waals surface area contributed by atoms with Crippen LogP contribution in [-0.2, 0) is 0 Å². The van der Waals surface area contributed by atoms with Crippen molar-refractivity contribution in [1.82, 2.24) is 15.0 Å². The van der Waals surface area contributed by atoms with Crippen molar-refractivity contribution in [3.63, 3.8) is 0 Å². The molecule has 0 saturated heterocycles. The molecule has 0 aliphatic rings. The highest BCUT2D eigenvalue weighted by atomic mass is 32.1. The second-order valence-corrected chi connectivity index (χ2v) is 3.77. The van der Waals surface area contributed by atoms with Gasteiger partial charge in [0.2, 0.25) is 16.7 Å². The molecule has 0 spiro atoms. The summed E-state index contributed by atoms with van der Waals surface area (Å²) >= 11 is 5.04. The maximum atomic E-state index is 5.04. The SMILES string of the molecule is CCCNc1nc(=S)nc(N(CC)CC)[nH]1. The predicted molar refractivity (Wildman–Crippen MR) is 69.6 cm³/mol. The third-order valence-electron chi connectivity index (χ3n) is 2.24. The lowest BCUT2D eigenvalue weighted by Crippen LogP contribution is -2.25. The van der Waals surface area contributed by atoms with Crippen LogP contribution < -0.4 is 10.2 Å². The second kappa shape index (κ2) is 6.42. The quantitative estimate of drug-likeness (QED) is 0.748. The fraction of sp³-hybridized carbons (Fsp3) is 0.700. The van der Waals surface area contributed by atoms with Gasteiger partial charge in [-0.1, -0.05) is 6.92 Å². The van der Waals surface area contributed by atoms with Gasteiger partial charge in [0.15, 0.2) is 0 Å². The van der Waals surface area contributed by atoms with Gasteiger partial charge in [-0.2, -0.15) is 9.97 Å². The summed E-state index contributed by atoms with van der Waals surface area (Å²) in [6.45, 7) is 8.94. The minimum absolute atomic E-state index is 0.374. The van der Waals surface area contributed by atoms with Crippen molar-refractivity contribution in [1.29, 1.82) is 0 Å². The Balaban J connectivity index is 2.92. The summed E-state index contributed by atoms with van der Waals surface area (Å²) < 4.78 is 0.374. The highest BCUT2D eigenvalue weighted by Crippen LogP contribution is 2.08. The maximum Gasteiger partial charge on any atom is 0.225 e. The van der Waals surface area contributed by atoms with E-state index in [1.807, 2.05) is 0 Å². The monoisotopic (exact) mass is 241 g/mol. The van der Waals surface area contributed by atoms with Gasteiger partial charge >= 0.3 is 0 Å². The van der Waals surface area contributed by atoms with Crippen molar-refractivity contribution in [2.24, 2.45) is 0 Å². The van der Waals surface area contributed by atoms with E-state index in [0.717, 1.165) is 32.0 Å². The summed E-state index contributed by atoms with van der Waals surface area (Å²) in [7, 11) is 0. The standard InChI is InChI=1S/C10H19N5S/c1-4-7-11-8-12-9(14-10(16)13-8)15(5-2)6-3/h4-7H2,1-3H3,(H2,11,12,13,14,16). The molecule has 0 saturated carbocycles.